The van der Waals surface area contributed by atoms with Gasteiger partial charge in [0.15, 0.2) is 0 Å². The monoisotopic (exact) mass is 201 g/mol. The third-order valence-electron chi connectivity index (χ3n) is 3.37. The zero-order valence-corrected chi connectivity index (χ0v) is 8.97. The molecule has 0 amide bonds. The molecule has 3 rings (SSSR count). The first kappa shape index (κ1) is 8.98. The highest BCUT2D eigenvalue weighted by molar-refractivity contribution is 5.78. The third-order valence-corrected chi connectivity index (χ3v) is 3.37. The summed E-state index contributed by atoms with van der Waals surface area (Å²) < 4.78 is 5.26. The number of benzene rings is 1. The molecule has 0 saturated heterocycles. The molecule has 0 atom stereocenters. The summed E-state index contributed by atoms with van der Waals surface area (Å²) in [6.07, 6.45) is 2.33. The van der Waals surface area contributed by atoms with E-state index in [0.717, 1.165) is 25.3 Å². The van der Waals surface area contributed by atoms with Gasteiger partial charge in [0.25, 0.3) is 0 Å². The number of hydrogen-bond acceptors (Lipinski definition) is 2. The van der Waals surface area contributed by atoms with E-state index in [1.165, 1.54) is 23.1 Å². The molecule has 0 unspecified atom stereocenters. The number of fused-ring (bicyclic) bond motifs is 2. The zero-order chi connectivity index (χ0) is 10.3. The molecule has 0 bridgehead atoms. The molecular formula is C13H15NO. The van der Waals surface area contributed by atoms with E-state index in [-0.39, 0.29) is 0 Å². The van der Waals surface area contributed by atoms with Gasteiger partial charge in [-0.25, -0.2) is 0 Å². The summed E-state index contributed by atoms with van der Waals surface area (Å²) in [6.45, 7) is 2.17. The lowest BCUT2D eigenvalue weighted by atomic mass is 10.0. The summed E-state index contributed by atoms with van der Waals surface area (Å²) in [6, 6.07) is 6.43. The van der Waals surface area contributed by atoms with E-state index in [1.807, 2.05) is 0 Å². The fraction of sp³-hybridized carbons (Fsp3) is 0.385. The average Bonchev–Trinajstić information content (AvgIpc) is 2.66. The predicted octanol–water partition coefficient (Wildman–Crippen LogP) is 2.00. The van der Waals surface area contributed by atoms with Crippen molar-refractivity contribution in [2.75, 3.05) is 20.2 Å². The summed E-state index contributed by atoms with van der Waals surface area (Å²) in [5.74, 6) is 0.974. The van der Waals surface area contributed by atoms with Gasteiger partial charge in [-0.15, -0.1) is 0 Å². The molecule has 1 heterocycles. The topological polar surface area (TPSA) is 21.3 Å². The van der Waals surface area contributed by atoms with Crippen molar-refractivity contribution in [3.63, 3.8) is 0 Å². The fourth-order valence-electron chi connectivity index (χ4n) is 2.58. The van der Waals surface area contributed by atoms with Crippen molar-refractivity contribution in [2.45, 2.75) is 12.8 Å². The quantitative estimate of drug-likeness (QED) is 0.750. The first-order chi connectivity index (χ1) is 7.38. The van der Waals surface area contributed by atoms with Crippen molar-refractivity contribution >= 4 is 5.57 Å². The number of ether oxygens (including phenoxy) is 1. The third kappa shape index (κ3) is 1.37. The summed E-state index contributed by atoms with van der Waals surface area (Å²) >= 11 is 0. The molecular weight excluding hydrogens is 186 g/mol. The van der Waals surface area contributed by atoms with Gasteiger partial charge in [-0.2, -0.15) is 0 Å². The van der Waals surface area contributed by atoms with Gasteiger partial charge >= 0.3 is 0 Å². The lowest BCUT2D eigenvalue weighted by Crippen LogP contribution is -2.22. The lowest BCUT2D eigenvalue weighted by molar-refractivity contribution is 0.414. The lowest BCUT2D eigenvalue weighted by Gasteiger charge is -2.15. The molecule has 78 valence electrons. The Labute approximate surface area is 89.9 Å². The highest BCUT2D eigenvalue weighted by atomic mass is 16.5. The fourth-order valence-corrected chi connectivity index (χ4v) is 2.58. The Morgan fingerprint density at radius 3 is 3.13 bits per heavy atom. The van der Waals surface area contributed by atoms with Crippen LogP contribution in [0.1, 0.15) is 17.5 Å². The van der Waals surface area contributed by atoms with Crippen LogP contribution in [0.25, 0.3) is 5.57 Å². The van der Waals surface area contributed by atoms with Gasteiger partial charge in [0.1, 0.15) is 5.75 Å². The van der Waals surface area contributed by atoms with Crippen LogP contribution in [0.15, 0.2) is 23.8 Å². The molecule has 1 aromatic carbocycles. The number of rotatable bonds is 1. The van der Waals surface area contributed by atoms with Crippen LogP contribution < -0.4 is 10.1 Å². The number of nitrogens with one attached hydrogen (secondary N) is 1. The van der Waals surface area contributed by atoms with Crippen LogP contribution in [0.5, 0.6) is 5.75 Å². The van der Waals surface area contributed by atoms with E-state index in [1.54, 1.807) is 12.7 Å². The molecule has 0 saturated carbocycles. The Kier molecular flexibility index (Phi) is 2.03. The van der Waals surface area contributed by atoms with Crippen LogP contribution in [-0.4, -0.2) is 20.2 Å². The van der Waals surface area contributed by atoms with E-state index >= 15 is 0 Å². The highest BCUT2D eigenvalue weighted by Gasteiger charge is 2.23. The van der Waals surface area contributed by atoms with Gasteiger partial charge in [-0.3, -0.25) is 0 Å². The van der Waals surface area contributed by atoms with Gasteiger partial charge in [-0.1, -0.05) is 11.6 Å². The van der Waals surface area contributed by atoms with Crippen LogP contribution in [-0.2, 0) is 6.42 Å². The first-order valence-electron chi connectivity index (χ1n) is 5.47. The van der Waals surface area contributed by atoms with Gasteiger partial charge in [0, 0.05) is 6.54 Å². The largest absolute Gasteiger partial charge is 0.497 e. The first-order valence-corrected chi connectivity index (χ1v) is 5.47. The van der Waals surface area contributed by atoms with Crippen molar-refractivity contribution in [1.29, 1.82) is 0 Å². The minimum Gasteiger partial charge on any atom is -0.497 e. The average molecular weight is 201 g/mol. The normalized spacial score (nSPS) is 18.7. The Morgan fingerprint density at radius 1 is 1.33 bits per heavy atom. The molecule has 2 aliphatic rings. The molecule has 2 nitrogen and oxygen atoms in total. The highest BCUT2D eigenvalue weighted by Crippen LogP contribution is 2.37. The molecule has 0 spiro atoms. The summed E-state index contributed by atoms with van der Waals surface area (Å²) in [7, 11) is 1.73. The van der Waals surface area contributed by atoms with E-state index in [2.05, 4.69) is 23.5 Å². The molecule has 0 radical (unpaired) electrons. The molecule has 2 heteroatoms. The van der Waals surface area contributed by atoms with Gasteiger partial charge in [0.2, 0.25) is 0 Å². The SMILES string of the molecule is COc1ccc2c(c1)CC1=C2CNCC1. The van der Waals surface area contributed by atoms with Gasteiger partial charge in [-0.05, 0) is 48.2 Å². The van der Waals surface area contributed by atoms with Crippen molar-refractivity contribution in [3.05, 3.63) is 34.9 Å². The smallest absolute Gasteiger partial charge is 0.119 e. The Balaban J connectivity index is 2.03. The summed E-state index contributed by atoms with van der Waals surface area (Å²) in [5.41, 5.74) is 6.01. The molecule has 1 N–H and O–H groups in total. The molecule has 0 aromatic heterocycles. The number of hydrogen-bond donors (Lipinski definition) is 1. The molecule has 1 aliphatic carbocycles. The summed E-state index contributed by atoms with van der Waals surface area (Å²) in [5, 5.41) is 3.44. The Morgan fingerprint density at radius 2 is 2.27 bits per heavy atom. The van der Waals surface area contributed by atoms with Crippen LogP contribution in [0.4, 0.5) is 0 Å². The number of methoxy groups -OCH3 is 1. The predicted molar refractivity (Wildman–Crippen MR) is 61.1 cm³/mol. The van der Waals surface area contributed by atoms with Crippen molar-refractivity contribution in [1.82, 2.24) is 5.32 Å². The molecule has 1 aromatic rings. The second-order valence-corrected chi connectivity index (χ2v) is 4.21. The van der Waals surface area contributed by atoms with E-state index in [4.69, 9.17) is 4.74 Å². The van der Waals surface area contributed by atoms with Gasteiger partial charge < -0.3 is 10.1 Å². The van der Waals surface area contributed by atoms with E-state index < -0.39 is 0 Å². The Hall–Kier alpha value is -1.28. The minimum atomic E-state index is 0.974. The molecule has 1 aliphatic heterocycles. The van der Waals surface area contributed by atoms with Crippen LogP contribution in [0.3, 0.4) is 0 Å². The van der Waals surface area contributed by atoms with Crippen LogP contribution >= 0.6 is 0 Å². The van der Waals surface area contributed by atoms with Crippen molar-refractivity contribution < 1.29 is 4.74 Å². The zero-order valence-electron chi connectivity index (χ0n) is 8.97. The minimum absolute atomic E-state index is 0.974. The van der Waals surface area contributed by atoms with Crippen LogP contribution in [0, 0.1) is 0 Å². The van der Waals surface area contributed by atoms with E-state index in [0.29, 0.717) is 0 Å². The maximum absolute atomic E-state index is 5.26. The summed E-state index contributed by atoms with van der Waals surface area (Å²) in [4.78, 5) is 0. The van der Waals surface area contributed by atoms with Crippen molar-refractivity contribution in [2.24, 2.45) is 0 Å². The van der Waals surface area contributed by atoms with Crippen molar-refractivity contribution in [3.8, 4) is 5.75 Å². The molecule has 0 fully saturated rings. The standard InChI is InChI=1S/C13H15NO/c1-15-11-2-3-12-10(7-11)6-9-4-5-14-8-13(9)12/h2-3,7,14H,4-6,8H2,1H3. The Bertz CT molecular complexity index is 434. The molecule has 15 heavy (non-hydrogen) atoms. The maximum atomic E-state index is 5.26. The van der Waals surface area contributed by atoms with Gasteiger partial charge in [0.05, 0.1) is 7.11 Å². The second kappa shape index (κ2) is 3.38. The second-order valence-electron chi connectivity index (χ2n) is 4.21. The maximum Gasteiger partial charge on any atom is 0.119 e. The van der Waals surface area contributed by atoms with E-state index in [9.17, 15) is 0 Å². The van der Waals surface area contributed by atoms with Crippen LogP contribution in [0.2, 0.25) is 0 Å².